The number of sulfone groups is 1. The van der Waals surface area contributed by atoms with Gasteiger partial charge in [0.05, 0.1) is 5.75 Å². The summed E-state index contributed by atoms with van der Waals surface area (Å²) in [7, 11) is -2.99. The van der Waals surface area contributed by atoms with E-state index in [1.165, 1.54) is 6.26 Å². The van der Waals surface area contributed by atoms with Crippen molar-refractivity contribution in [1.82, 2.24) is 0 Å². The molecule has 1 aromatic heterocycles. The molecule has 0 radical (unpaired) electrons. The van der Waals surface area contributed by atoms with E-state index in [1.54, 1.807) is 11.3 Å². The number of rotatable bonds is 3. The number of aryl methyl sites for hydroxylation is 1. The van der Waals surface area contributed by atoms with E-state index in [2.05, 4.69) is 0 Å². The molecule has 0 spiro atoms. The summed E-state index contributed by atoms with van der Waals surface area (Å²) in [4.78, 5) is 1.09. The first-order chi connectivity index (χ1) is 5.90. The average Bonchev–Trinajstić information content (AvgIpc) is 2.30. The summed E-state index contributed by atoms with van der Waals surface area (Å²) in [5, 5.41) is 1.92. The highest BCUT2D eigenvalue weighted by Crippen LogP contribution is 2.21. The predicted octanol–water partition coefficient (Wildman–Crippen LogP) is 1.10. The van der Waals surface area contributed by atoms with Crippen LogP contribution in [0.15, 0.2) is 11.4 Å². The third-order valence-electron chi connectivity index (χ3n) is 1.78. The van der Waals surface area contributed by atoms with Gasteiger partial charge in [0, 0.05) is 17.2 Å². The molecule has 0 aromatic carbocycles. The summed E-state index contributed by atoms with van der Waals surface area (Å²) in [6.45, 7) is 1.95. The Balaban J connectivity index is 2.81. The third kappa shape index (κ3) is 3.10. The van der Waals surface area contributed by atoms with Gasteiger partial charge < -0.3 is 5.73 Å². The van der Waals surface area contributed by atoms with Crippen LogP contribution in [0.3, 0.4) is 0 Å². The Bertz CT molecular complexity index is 381. The average molecular weight is 219 g/mol. The van der Waals surface area contributed by atoms with Gasteiger partial charge in [-0.05, 0) is 23.9 Å². The number of hydrogen-bond donors (Lipinski definition) is 1. The molecule has 0 aliphatic rings. The summed E-state index contributed by atoms with van der Waals surface area (Å²) in [5.74, 6) is 0.0184. The van der Waals surface area contributed by atoms with E-state index in [1.807, 2.05) is 18.4 Å². The summed E-state index contributed by atoms with van der Waals surface area (Å²) in [6, 6.07) is 1.50. The number of thiophene rings is 1. The molecule has 0 amide bonds. The Morgan fingerprint density at radius 1 is 1.62 bits per heavy atom. The molecule has 1 aromatic rings. The first-order valence-corrected chi connectivity index (χ1v) is 6.81. The lowest BCUT2D eigenvalue weighted by molar-refractivity contribution is 0.594. The van der Waals surface area contributed by atoms with E-state index in [0.717, 1.165) is 10.4 Å². The van der Waals surface area contributed by atoms with E-state index in [4.69, 9.17) is 5.73 Å². The van der Waals surface area contributed by atoms with Crippen molar-refractivity contribution in [2.75, 3.05) is 12.0 Å². The van der Waals surface area contributed by atoms with Crippen molar-refractivity contribution in [1.29, 1.82) is 0 Å². The monoisotopic (exact) mass is 219 g/mol. The molecule has 2 N–H and O–H groups in total. The van der Waals surface area contributed by atoms with Crippen molar-refractivity contribution in [2.45, 2.75) is 13.0 Å². The lowest BCUT2D eigenvalue weighted by Gasteiger charge is -2.09. The van der Waals surface area contributed by atoms with E-state index in [0.29, 0.717) is 0 Å². The van der Waals surface area contributed by atoms with Crippen LogP contribution < -0.4 is 5.73 Å². The van der Waals surface area contributed by atoms with E-state index in [9.17, 15) is 8.42 Å². The maximum atomic E-state index is 11.0. The molecule has 0 fully saturated rings. The van der Waals surface area contributed by atoms with E-state index < -0.39 is 9.84 Å². The Labute approximate surface area is 82.5 Å². The Kier molecular flexibility index (Phi) is 3.10. The first-order valence-electron chi connectivity index (χ1n) is 3.87. The number of hydrogen-bond acceptors (Lipinski definition) is 4. The van der Waals surface area contributed by atoms with Crippen LogP contribution in [0.4, 0.5) is 0 Å². The second kappa shape index (κ2) is 3.77. The second-order valence-corrected chi connectivity index (χ2v) is 6.44. The van der Waals surface area contributed by atoms with Gasteiger partial charge in [-0.25, -0.2) is 8.42 Å². The Hall–Kier alpha value is -0.390. The van der Waals surface area contributed by atoms with Gasteiger partial charge in [0.15, 0.2) is 0 Å². The van der Waals surface area contributed by atoms with Gasteiger partial charge >= 0.3 is 0 Å². The smallest absolute Gasteiger partial charge is 0.149 e. The molecule has 1 atom stereocenters. The topological polar surface area (TPSA) is 60.2 Å². The molecular weight excluding hydrogens is 206 g/mol. The van der Waals surface area contributed by atoms with Crippen LogP contribution >= 0.6 is 11.3 Å². The molecule has 13 heavy (non-hydrogen) atoms. The standard InChI is InChI=1S/C8H13NO2S2/c1-6-7(3-4-12-6)8(9)5-13(2,10)11/h3-4,8H,5,9H2,1-2H3. The first kappa shape index (κ1) is 10.7. The molecule has 1 rings (SSSR count). The molecule has 0 aliphatic carbocycles. The molecule has 0 aliphatic heterocycles. The quantitative estimate of drug-likeness (QED) is 0.828. The van der Waals surface area contributed by atoms with Gasteiger partial charge in [-0.2, -0.15) is 0 Å². The zero-order valence-corrected chi connectivity index (χ0v) is 9.28. The van der Waals surface area contributed by atoms with Gasteiger partial charge in [-0.15, -0.1) is 11.3 Å². The fourth-order valence-corrected chi connectivity index (χ4v) is 2.80. The lowest BCUT2D eigenvalue weighted by Crippen LogP contribution is -2.20. The third-order valence-corrected chi connectivity index (χ3v) is 3.61. The molecular formula is C8H13NO2S2. The van der Waals surface area contributed by atoms with Crippen molar-refractivity contribution >= 4 is 21.2 Å². The van der Waals surface area contributed by atoms with Crippen LogP contribution in [0.1, 0.15) is 16.5 Å². The highest BCUT2D eigenvalue weighted by atomic mass is 32.2. The predicted molar refractivity (Wildman–Crippen MR) is 55.7 cm³/mol. The highest BCUT2D eigenvalue weighted by Gasteiger charge is 2.15. The maximum absolute atomic E-state index is 11.0. The molecule has 1 heterocycles. The largest absolute Gasteiger partial charge is 0.323 e. The minimum absolute atomic E-state index is 0.0184. The molecule has 0 bridgehead atoms. The normalized spacial score (nSPS) is 14.4. The van der Waals surface area contributed by atoms with Crippen molar-refractivity contribution < 1.29 is 8.42 Å². The zero-order chi connectivity index (χ0) is 10.1. The van der Waals surface area contributed by atoms with E-state index >= 15 is 0 Å². The van der Waals surface area contributed by atoms with E-state index in [-0.39, 0.29) is 11.8 Å². The van der Waals surface area contributed by atoms with Gasteiger partial charge in [-0.1, -0.05) is 0 Å². The molecule has 0 saturated carbocycles. The van der Waals surface area contributed by atoms with Crippen molar-refractivity contribution in [3.63, 3.8) is 0 Å². The molecule has 0 saturated heterocycles. The molecule has 74 valence electrons. The fourth-order valence-electron chi connectivity index (χ4n) is 1.20. The fraction of sp³-hybridized carbons (Fsp3) is 0.500. The highest BCUT2D eigenvalue weighted by molar-refractivity contribution is 7.90. The van der Waals surface area contributed by atoms with Crippen LogP contribution in [-0.2, 0) is 9.84 Å². The van der Waals surface area contributed by atoms with Crippen molar-refractivity contribution in [3.8, 4) is 0 Å². The van der Waals surface area contributed by atoms with Gasteiger partial charge in [0.1, 0.15) is 9.84 Å². The second-order valence-electron chi connectivity index (χ2n) is 3.13. The Morgan fingerprint density at radius 3 is 2.62 bits per heavy atom. The molecule has 5 heteroatoms. The summed E-state index contributed by atoms with van der Waals surface area (Å²) in [6.07, 6.45) is 1.20. The van der Waals surface area contributed by atoms with Crippen molar-refractivity contribution in [3.05, 3.63) is 21.9 Å². The molecule has 1 unspecified atom stereocenters. The van der Waals surface area contributed by atoms with Crippen molar-refractivity contribution in [2.24, 2.45) is 5.73 Å². The summed E-state index contributed by atoms with van der Waals surface area (Å²) in [5.41, 5.74) is 6.69. The minimum atomic E-state index is -2.99. The molecule has 3 nitrogen and oxygen atoms in total. The minimum Gasteiger partial charge on any atom is -0.323 e. The lowest BCUT2D eigenvalue weighted by atomic mass is 10.1. The van der Waals surface area contributed by atoms with Crippen LogP contribution in [0, 0.1) is 6.92 Å². The van der Waals surface area contributed by atoms with Gasteiger partial charge in [0.2, 0.25) is 0 Å². The van der Waals surface area contributed by atoms with Gasteiger partial charge in [-0.3, -0.25) is 0 Å². The Morgan fingerprint density at radius 2 is 2.23 bits per heavy atom. The van der Waals surface area contributed by atoms with Crippen LogP contribution in [0.25, 0.3) is 0 Å². The summed E-state index contributed by atoms with van der Waals surface area (Å²) < 4.78 is 21.9. The van der Waals surface area contributed by atoms with Crippen LogP contribution in [0.5, 0.6) is 0 Å². The maximum Gasteiger partial charge on any atom is 0.149 e. The number of nitrogens with two attached hydrogens (primary N) is 1. The SMILES string of the molecule is Cc1sccc1C(N)CS(C)(=O)=O. The van der Waals surface area contributed by atoms with Crippen LogP contribution in [-0.4, -0.2) is 20.4 Å². The van der Waals surface area contributed by atoms with Crippen LogP contribution in [0.2, 0.25) is 0 Å². The van der Waals surface area contributed by atoms with Gasteiger partial charge in [0.25, 0.3) is 0 Å². The zero-order valence-electron chi connectivity index (χ0n) is 7.65. The summed E-state index contributed by atoms with van der Waals surface area (Å²) >= 11 is 1.58.